The van der Waals surface area contributed by atoms with Crippen LogP contribution in [0.15, 0.2) is 59.1 Å². The molecular weight excluding hydrogens is 550 g/mol. The van der Waals surface area contributed by atoms with Crippen LogP contribution >= 0.6 is 15.9 Å². The van der Waals surface area contributed by atoms with Crippen molar-refractivity contribution in [2.24, 2.45) is 0 Å². The molecule has 2 amide bonds. The van der Waals surface area contributed by atoms with Crippen molar-refractivity contribution in [1.29, 1.82) is 0 Å². The normalized spacial score (nSPS) is 22.4. The highest BCUT2D eigenvalue weighted by Gasteiger charge is 2.51. The predicted molar refractivity (Wildman–Crippen MR) is 150 cm³/mol. The summed E-state index contributed by atoms with van der Waals surface area (Å²) in [5.74, 6) is -0.733. The van der Waals surface area contributed by atoms with Crippen LogP contribution in [-0.4, -0.2) is 56.7 Å². The number of nitrogens with zero attached hydrogens (tertiary/aromatic N) is 1. The molecule has 0 radical (unpaired) electrons. The number of halogens is 1. The summed E-state index contributed by atoms with van der Waals surface area (Å²) < 4.78 is 64.3. The third kappa shape index (κ3) is 4.86. The molecule has 8 nitrogen and oxygen atoms in total. The van der Waals surface area contributed by atoms with Gasteiger partial charge in [-0.15, -0.1) is 0 Å². The number of hydrogen-bond acceptors (Lipinski definition) is 6. The first-order valence-corrected chi connectivity index (χ1v) is 13.1. The second-order valence-electron chi connectivity index (χ2n) is 9.49. The van der Waals surface area contributed by atoms with Gasteiger partial charge >= 0.3 is 0 Å². The highest BCUT2D eigenvalue weighted by molar-refractivity contribution is 9.10. The zero-order valence-electron chi connectivity index (χ0n) is 26.8. The molecule has 0 bridgehead atoms. The molecule has 2 N–H and O–H groups in total. The molecule has 38 heavy (non-hydrogen) atoms. The number of benzene rings is 3. The van der Waals surface area contributed by atoms with E-state index in [1.54, 1.807) is 36.4 Å². The fourth-order valence-electron chi connectivity index (χ4n) is 5.10. The average molecular weight is 589 g/mol. The van der Waals surface area contributed by atoms with Gasteiger partial charge in [0.2, 0.25) is 5.91 Å². The Morgan fingerprint density at radius 3 is 2.84 bits per heavy atom. The number of fused-ring (bicyclic) bond motifs is 2. The van der Waals surface area contributed by atoms with Crippen molar-refractivity contribution in [2.45, 2.75) is 44.0 Å². The molecule has 2 atom stereocenters. The van der Waals surface area contributed by atoms with E-state index in [9.17, 15) is 9.59 Å². The number of carbonyl (C=O) groups excluding carboxylic acids is 2. The summed E-state index contributed by atoms with van der Waals surface area (Å²) in [5.41, 5.74) is -0.334. The fourth-order valence-corrected chi connectivity index (χ4v) is 5.48. The SMILES string of the molecule is [2H]C([2H])([2H])N[C@@H](C)C(=O)N[C@@H]1C(=O)N(Cc2c(OC([2H])([2H])[2H])ccc3cc(Br)ccc23)c2ccccc2OC12CCOCC2. The fraction of sp³-hybridized carbons (Fsp3) is 0.379. The van der Waals surface area contributed by atoms with Gasteiger partial charge in [0.15, 0.2) is 0 Å². The molecule has 0 unspecified atom stereocenters. The zero-order chi connectivity index (χ0) is 31.9. The van der Waals surface area contributed by atoms with Crippen LogP contribution in [0.3, 0.4) is 0 Å². The lowest BCUT2D eigenvalue weighted by molar-refractivity contribution is -0.138. The lowest BCUT2D eigenvalue weighted by Gasteiger charge is -2.41. The molecule has 9 heteroatoms. The first-order valence-electron chi connectivity index (χ1n) is 15.3. The molecular formula is C29H32BrN3O5. The standard InChI is InChI=1S/C29H32BrN3O5/c1-18(31-2)27(34)32-26-28(35)33(17-22-21-10-9-20(30)16-19(21)8-11-24(22)36-3)23-6-4-5-7-25(23)38-29(26)12-14-37-15-13-29/h4-11,16,18,26,31H,12-15,17H2,1-3H3,(H,32,34)/t18-,26+/m0/s1/i2D3,3D3. The van der Waals surface area contributed by atoms with E-state index in [4.69, 9.17) is 22.4 Å². The van der Waals surface area contributed by atoms with E-state index in [1.165, 1.54) is 11.8 Å². The lowest BCUT2D eigenvalue weighted by Crippen LogP contribution is -2.65. The molecule has 1 fully saturated rings. The van der Waals surface area contributed by atoms with Gasteiger partial charge in [-0.05, 0) is 55.0 Å². The summed E-state index contributed by atoms with van der Waals surface area (Å²) in [6.07, 6.45) is 0.561. The molecule has 0 aliphatic carbocycles. The number of para-hydroxylation sites is 2. The van der Waals surface area contributed by atoms with Gasteiger partial charge in [-0.25, -0.2) is 0 Å². The molecule has 0 saturated carbocycles. The highest BCUT2D eigenvalue weighted by atomic mass is 79.9. The Bertz CT molecular complexity index is 1560. The van der Waals surface area contributed by atoms with E-state index in [-0.39, 0.29) is 38.3 Å². The van der Waals surface area contributed by atoms with Crippen LogP contribution in [0.1, 0.15) is 33.6 Å². The van der Waals surface area contributed by atoms with Crippen LogP contribution in [-0.2, 0) is 20.9 Å². The minimum atomic E-state index is -2.75. The zero-order valence-corrected chi connectivity index (χ0v) is 22.3. The van der Waals surface area contributed by atoms with Gasteiger partial charge in [-0.3, -0.25) is 9.59 Å². The second-order valence-corrected chi connectivity index (χ2v) is 10.4. The number of carbonyl (C=O) groups is 2. The molecule has 2 aliphatic rings. The Kier molecular flexibility index (Phi) is 5.71. The van der Waals surface area contributed by atoms with Gasteiger partial charge in [0, 0.05) is 27.0 Å². The summed E-state index contributed by atoms with van der Waals surface area (Å²) in [7, 11) is -2.75. The molecule has 5 rings (SSSR count). The van der Waals surface area contributed by atoms with Gasteiger partial charge < -0.3 is 29.7 Å². The maximum absolute atomic E-state index is 14.7. The lowest BCUT2D eigenvalue weighted by atomic mass is 9.84. The van der Waals surface area contributed by atoms with Crippen LogP contribution in [0.2, 0.25) is 0 Å². The maximum Gasteiger partial charge on any atom is 0.254 e. The van der Waals surface area contributed by atoms with Gasteiger partial charge in [-0.1, -0.05) is 40.2 Å². The van der Waals surface area contributed by atoms with E-state index < -0.39 is 43.5 Å². The number of likely N-dealkylation sites (N-methyl/N-ethyl adjacent to an activating group) is 1. The molecule has 200 valence electrons. The molecule has 2 heterocycles. The second kappa shape index (κ2) is 10.9. The topological polar surface area (TPSA) is 89.1 Å². The Balaban J connectivity index is 1.63. The Morgan fingerprint density at radius 2 is 2.05 bits per heavy atom. The quantitative estimate of drug-likeness (QED) is 0.450. The Morgan fingerprint density at radius 1 is 1.24 bits per heavy atom. The van der Waals surface area contributed by atoms with Gasteiger partial charge in [0.05, 0.1) is 42.6 Å². The third-order valence-corrected chi connectivity index (χ3v) is 7.71. The predicted octanol–water partition coefficient (Wildman–Crippen LogP) is 4.18. The number of anilines is 1. The number of rotatable bonds is 6. The summed E-state index contributed by atoms with van der Waals surface area (Å²) in [6.45, 7) is -0.744. The first kappa shape index (κ1) is 19.9. The number of hydrogen-bond donors (Lipinski definition) is 2. The van der Waals surface area contributed by atoms with E-state index >= 15 is 0 Å². The van der Waals surface area contributed by atoms with Crippen LogP contribution in [0.4, 0.5) is 5.69 Å². The number of methoxy groups -OCH3 is 1. The maximum atomic E-state index is 14.7. The van der Waals surface area contributed by atoms with Crippen LogP contribution < -0.4 is 25.0 Å². The Hall–Kier alpha value is -3.14. The number of nitrogens with one attached hydrogen (secondary N) is 2. The Labute approximate surface area is 239 Å². The minimum Gasteiger partial charge on any atom is -0.496 e. The van der Waals surface area contributed by atoms with Gasteiger partial charge in [-0.2, -0.15) is 0 Å². The van der Waals surface area contributed by atoms with E-state index in [0.717, 1.165) is 9.86 Å². The van der Waals surface area contributed by atoms with Crippen molar-refractivity contribution in [3.63, 3.8) is 0 Å². The number of ether oxygens (including phenoxy) is 3. The van der Waals surface area contributed by atoms with Crippen LogP contribution in [0, 0.1) is 0 Å². The monoisotopic (exact) mass is 587 g/mol. The van der Waals surface area contributed by atoms with Gasteiger partial charge in [0.1, 0.15) is 23.1 Å². The van der Waals surface area contributed by atoms with Crippen molar-refractivity contribution in [3.8, 4) is 11.5 Å². The van der Waals surface area contributed by atoms with E-state index in [2.05, 4.69) is 26.6 Å². The highest BCUT2D eigenvalue weighted by Crippen LogP contribution is 2.42. The summed E-state index contributed by atoms with van der Waals surface area (Å²) in [4.78, 5) is 29.5. The molecule has 0 aromatic heterocycles. The van der Waals surface area contributed by atoms with Gasteiger partial charge in [0.25, 0.3) is 5.91 Å². The van der Waals surface area contributed by atoms with Crippen LogP contribution in [0.5, 0.6) is 11.5 Å². The van der Waals surface area contributed by atoms with Crippen molar-refractivity contribution in [1.82, 2.24) is 10.6 Å². The largest absolute Gasteiger partial charge is 0.496 e. The first-order chi connectivity index (χ1) is 20.7. The van der Waals surface area contributed by atoms with Crippen molar-refractivity contribution in [2.75, 3.05) is 32.1 Å². The molecule has 1 spiro atoms. The summed E-state index contributed by atoms with van der Waals surface area (Å²) in [5, 5.41) is 6.52. The molecule has 1 saturated heterocycles. The van der Waals surface area contributed by atoms with Crippen molar-refractivity contribution < 1.29 is 32.0 Å². The molecule has 2 aliphatic heterocycles. The minimum absolute atomic E-state index is 0.0760. The van der Waals surface area contributed by atoms with E-state index in [1.807, 2.05) is 18.2 Å². The van der Waals surface area contributed by atoms with E-state index in [0.29, 0.717) is 22.4 Å². The molecule has 3 aromatic carbocycles. The van der Waals surface area contributed by atoms with Crippen molar-refractivity contribution in [3.05, 3.63) is 64.6 Å². The molecule has 3 aromatic rings. The van der Waals surface area contributed by atoms with Crippen molar-refractivity contribution >= 4 is 44.2 Å². The smallest absolute Gasteiger partial charge is 0.254 e. The summed E-state index contributed by atoms with van der Waals surface area (Å²) in [6, 6.07) is 13.4. The average Bonchev–Trinajstić information content (AvgIpc) is 3.02. The third-order valence-electron chi connectivity index (χ3n) is 7.22. The summed E-state index contributed by atoms with van der Waals surface area (Å²) >= 11 is 3.47. The number of amides is 2. The van der Waals surface area contributed by atoms with Crippen LogP contribution in [0.25, 0.3) is 10.8 Å².